The van der Waals surface area contributed by atoms with Gasteiger partial charge in [-0.2, -0.15) is 0 Å². The van der Waals surface area contributed by atoms with Crippen LogP contribution in [0.25, 0.3) is 11.1 Å². The van der Waals surface area contributed by atoms with E-state index in [0.717, 1.165) is 12.8 Å². The largest absolute Gasteiger partial charge is 0.314 e. The van der Waals surface area contributed by atoms with Crippen LogP contribution in [0.3, 0.4) is 0 Å². The average molecular weight is 536 g/mol. The number of rotatable bonds is 5. The van der Waals surface area contributed by atoms with E-state index in [1.807, 2.05) is 0 Å². The third kappa shape index (κ3) is 5.22. The molecule has 0 radical (unpaired) electrons. The topological polar surface area (TPSA) is 3.24 Å². The Morgan fingerprint density at radius 3 is 2.12 bits per heavy atom. The van der Waals surface area contributed by atoms with E-state index in [1.54, 1.807) is 0 Å². The molecule has 0 spiro atoms. The fourth-order valence-electron chi connectivity index (χ4n) is 6.88. The van der Waals surface area contributed by atoms with E-state index >= 15 is 0 Å². The fourth-order valence-corrected chi connectivity index (χ4v) is 6.88. The van der Waals surface area contributed by atoms with Crippen LogP contribution in [0.1, 0.15) is 75.6 Å². The predicted octanol–water partition coefficient (Wildman–Crippen LogP) is 11.0. The van der Waals surface area contributed by atoms with E-state index in [0.29, 0.717) is 5.92 Å². The van der Waals surface area contributed by atoms with E-state index in [2.05, 4.69) is 167 Å². The third-order valence-electron chi connectivity index (χ3n) is 8.72. The van der Waals surface area contributed by atoms with Gasteiger partial charge in [0.05, 0.1) is 0 Å². The van der Waals surface area contributed by atoms with Gasteiger partial charge in [-0.25, -0.2) is 0 Å². The first kappa shape index (κ1) is 27.1. The summed E-state index contributed by atoms with van der Waals surface area (Å²) >= 11 is 0. The zero-order valence-corrected chi connectivity index (χ0v) is 25.1. The van der Waals surface area contributed by atoms with Crippen molar-refractivity contribution in [2.45, 2.75) is 64.2 Å². The third-order valence-corrected chi connectivity index (χ3v) is 8.72. The van der Waals surface area contributed by atoms with Crippen LogP contribution in [0.2, 0.25) is 0 Å². The summed E-state index contributed by atoms with van der Waals surface area (Å²) in [6, 6.07) is 35.8. The maximum atomic E-state index is 2.51. The van der Waals surface area contributed by atoms with Crippen LogP contribution in [-0.4, -0.2) is 0 Å². The zero-order chi connectivity index (χ0) is 28.6. The fraction of sp³-hybridized carbons (Fsp3) is 0.250. The molecule has 0 aliphatic heterocycles. The Balaban J connectivity index is 1.51. The Morgan fingerprint density at radius 1 is 0.683 bits per heavy atom. The van der Waals surface area contributed by atoms with Gasteiger partial charge in [0.2, 0.25) is 0 Å². The van der Waals surface area contributed by atoms with Gasteiger partial charge >= 0.3 is 0 Å². The average Bonchev–Trinajstić information content (AvgIpc) is 3.10. The number of fused-ring (bicyclic) bond motifs is 1. The molecular formula is C40H41N. The van der Waals surface area contributed by atoms with Crippen LogP contribution in [0.5, 0.6) is 0 Å². The van der Waals surface area contributed by atoms with Gasteiger partial charge < -0.3 is 4.90 Å². The molecule has 0 bridgehead atoms. The summed E-state index contributed by atoms with van der Waals surface area (Å²) < 4.78 is 0. The summed E-state index contributed by atoms with van der Waals surface area (Å²) in [7, 11) is 0. The second-order valence-electron chi connectivity index (χ2n) is 13.1. The highest BCUT2D eigenvalue weighted by Crippen LogP contribution is 2.54. The molecule has 0 N–H and O–H groups in total. The Bertz CT molecular complexity index is 1620. The number of benzene rings is 4. The van der Waals surface area contributed by atoms with Crippen LogP contribution in [-0.2, 0) is 10.8 Å². The first-order chi connectivity index (χ1) is 19.7. The normalized spacial score (nSPS) is 17.6. The lowest BCUT2D eigenvalue weighted by Gasteiger charge is -2.33. The van der Waals surface area contributed by atoms with Gasteiger partial charge in [-0.3, -0.25) is 0 Å². The minimum absolute atomic E-state index is 0.0286. The smallest absolute Gasteiger partial charge is 0.0498 e. The second kappa shape index (κ2) is 10.7. The zero-order valence-electron chi connectivity index (χ0n) is 25.1. The second-order valence-corrected chi connectivity index (χ2v) is 13.1. The minimum Gasteiger partial charge on any atom is -0.314 e. The van der Waals surface area contributed by atoms with Crippen LogP contribution in [0.4, 0.5) is 11.4 Å². The SMILES string of the molecule is CC(C)(C)c1ccccc1C1CC(C)(C)c2c1cccc2N(C1=CC=CC=CC1)c1ccc(-c2ccccc2)cc1. The molecule has 6 rings (SSSR count). The highest BCUT2D eigenvalue weighted by molar-refractivity contribution is 5.77. The molecule has 1 atom stereocenters. The Hall–Kier alpha value is -4.10. The molecule has 0 heterocycles. The molecule has 0 aromatic heterocycles. The van der Waals surface area contributed by atoms with Crippen LogP contribution in [0, 0.1) is 0 Å². The van der Waals surface area contributed by atoms with E-state index in [4.69, 9.17) is 0 Å². The lowest BCUT2D eigenvalue weighted by atomic mass is 9.77. The molecule has 0 fully saturated rings. The van der Waals surface area contributed by atoms with Crippen molar-refractivity contribution in [3.05, 3.63) is 155 Å². The van der Waals surface area contributed by atoms with Gasteiger partial charge in [0, 0.05) is 29.4 Å². The molecule has 1 heteroatoms. The summed E-state index contributed by atoms with van der Waals surface area (Å²) in [5.41, 5.74) is 12.2. The van der Waals surface area contributed by atoms with Crippen molar-refractivity contribution >= 4 is 11.4 Å². The van der Waals surface area contributed by atoms with Crippen molar-refractivity contribution in [2.75, 3.05) is 4.90 Å². The van der Waals surface area contributed by atoms with E-state index in [-0.39, 0.29) is 10.8 Å². The van der Waals surface area contributed by atoms with Crippen LogP contribution >= 0.6 is 0 Å². The van der Waals surface area contributed by atoms with Gasteiger partial charge in [-0.1, -0.05) is 138 Å². The minimum atomic E-state index is 0.0286. The maximum absolute atomic E-state index is 2.51. The molecule has 1 nitrogen and oxygen atoms in total. The molecule has 4 aromatic carbocycles. The van der Waals surface area contributed by atoms with Gasteiger partial charge in [0.15, 0.2) is 0 Å². The predicted molar refractivity (Wildman–Crippen MR) is 176 cm³/mol. The molecule has 41 heavy (non-hydrogen) atoms. The van der Waals surface area contributed by atoms with Crippen LogP contribution < -0.4 is 4.90 Å². The lowest BCUT2D eigenvalue weighted by Crippen LogP contribution is -2.22. The van der Waals surface area contributed by atoms with E-state index < -0.39 is 0 Å². The van der Waals surface area contributed by atoms with Gasteiger partial charge in [0.25, 0.3) is 0 Å². The molecule has 4 aromatic rings. The molecule has 2 aliphatic carbocycles. The molecule has 0 saturated carbocycles. The first-order valence-corrected chi connectivity index (χ1v) is 14.9. The highest BCUT2D eigenvalue weighted by Gasteiger charge is 2.42. The van der Waals surface area contributed by atoms with Gasteiger partial charge in [0.1, 0.15) is 0 Å². The summed E-state index contributed by atoms with van der Waals surface area (Å²) in [4.78, 5) is 2.51. The first-order valence-electron chi connectivity index (χ1n) is 14.9. The monoisotopic (exact) mass is 535 g/mol. The summed E-state index contributed by atoms with van der Waals surface area (Å²) in [6.45, 7) is 11.9. The molecular weight excluding hydrogens is 494 g/mol. The Labute approximate surface area is 246 Å². The lowest BCUT2D eigenvalue weighted by molar-refractivity contribution is 0.492. The van der Waals surface area contributed by atoms with Gasteiger partial charge in [-0.05, 0) is 74.9 Å². The number of nitrogens with zero attached hydrogens (tertiary/aromatic N) is 1. The van der Waals surface area contributed by atoms with Gasteiger partial charge in [-0.15, -0.1) is 0 Å². The van der Waals surface area contributed by atoms with Crippen molar-refractivity contribution in [3.8, 4) is 11.1 Å². The molecule has 0 saturated heterocycles. The van der Waals surface area contributed by atoms with E-state index in [1.165, 1.54) is 50.5 Å². The van der Waals surface area contributed by atoms with Crippen LogP contribution in [0.15, 0.2) is 133 Å². The molecule has 206 valence electrons. The molecule has 0 amide bonds. The summed E-state index contributed by atoms with van der Waals surface area (Å²) in [5, 5.41) is 0. The molecule has 2 aliphatic rings. The summed E-state index contributed by atoms with van der Waals surface area (Å²) in [5.74, 6) is 0.376. The summed E-state index contributed by atoms with van der Waals surface area (Å²) in [6.07, 6.45) is 13.0. The van der Waals surface area contributed by atoms with Crippen molar-refractivity contribution in [3.63, 3.8) is 0 Å². The highest BCUT2D eigenvalue weighted by atomic mass is 15.2. The standard InChI is InChI=1S/C40H41N/c1-39(2,3)36-22-14-13-20-33(36)35-28-40(4,5)38-34(35)21-15-23-37(38)41(31-18-11-6-7-12-19-31)32-26-24-30(25-27-32)29-16-9-8-10-17-29/h6-18,20-27,35H,19,28H2,1-5H3. The molecule has 1 unspecified atom stereocenters. The maximum Gasteiger partial charge on any atom is 0.0498 e. The quantitative estimate of drug-likeness (QED) is 0.246. The van der Waals surface area contributed by atoms with Crippen molar-refractivity contribution in [2.24, 2.45) is 0 Å². The number of hydrogen-bond acceptors (Lipinski definition) is 1. The van der Waals surface area contributed by atoms with Crippen molar-refractivity contribution in [1.82, 2.24) is 0 Å². The number of anilines is 2. The Kier molecular flexibility index (Phi) is 7.08. The number of hydrogen-bond donors (Lipinski definition) is 0. The Morgan fingerprint density at radius 2 is 1.37 bits per heavy atom. The van der Waals surface area contributed by atoms with Crippen molar-refractivity contribution < 1.29 is 0 Å². The van der Waals surface area contributed by atoms with E-state index in [9.17, 15) is 0 Å². The van der Waals surface area contributed by atoms with Crippen molar-refractivity contribution in [1.29, 1.82) is 0 Å². The number of allylic oxidation sites excluding steroid dienone is 5.